The summed E-state index contributed by atoms with van der Waals surface area (Å²) in [5, 5.41) is 6.31. The number of urea groups is 1. The smallest absolute Gasteiger partial charge is 0.319 e. The van der Waals surface area contributed by atoms with Crippen LogP contribution in [0.2, 0.25) is 10.0 Å². The SMILES string of the molecule is O=C(NCCc1ncc[nH]1)Nc1cc(Cl)cc(Cl)c1. The topological polar surface area (TPSA) is 69.8 Å². The van der Waals surface area contributed by atoms with Crippen LogP contribution in [0.4, 0.5) is 10.5 Å². The van der Waals surface area contributed by atoms with E-state index in [-0.39, 0.29) is 6.03 Å². The van der Waals surface area contributed by atoms with E-state index in [1.54, 1.807) is 30.6 Å². The average Bonchev–Trinajstić information content (AvgIpc) is 2.80. The molecule has 1 aromatic carbocycles. The van der Waals surface area contributed by atoms with Gasteiger partial charge in [0.2, 0.25) is 0 Å². The van der Waals surface area contributed by atoms with E-state index in [0.717, 1.165) is 5.82 Å². The number of nitrogens with zero attached hydrogens (tertiary/aromatic N) is 1. The predicted octanol–water partition coefficient (Wildman–Crippen LogP) is 3.08. The normalized spacial score (nSPS) is 10.2. The molecule has 1 aromatic heterocycles. The van der Waals surface area contributed by atoms with Gasteiger partial charge in [-0.1, -0.05) is 23.2 Å². The number of aromatic nitrogens is 2. The Bertz CT molecular complexity index is 537. The highest BCUT2D eigenvalue weighted by atomic mass is 35.5. The Morgan fingerprint density at radius 2 is 2.00 bits per heavy atom. The van der Waals surface area contributed by atoms with E-state index in [4.69, 9.17) is 23.2 Å². The minimum absolute atomic E-state index is 0.315. The average molecular weight is 299 g/mol. The maximum absolute atomic E-state index is 11.6. The highest BCUT2D eigenvalue weighted by Crippen LogP contribution is 2.22. The van der Waals surface area contributed by atoms with Gasteiger partial charge < -0.3 is 15.6 Å². The zero-order valence-corrected chi connectivity index (χ0v) is 11.4. The molecular formula is C12H12Cl2N4O. The Kier molecular flexibility index (Phi) is 4.65. The third kappa shape index (κ3) is 4.46. The van der Waals surface area contributed by atoms with Crippen LogP contribution in [0.25, 0.3) is 0 Å². The molecule has 2 amide bonds. The lowest BCUT2D eigenvalue weighted by Crippen LogP contribution is -2.30. The first-order valence-corrected chi connectivity index (χ1v) is 6.38. The zero-order valence-electron chi connectivity index (χ0n) is 9.91. The summed E-state index contributed by atoms with van der Waals surface area (Å²) in [6, 6.07) is 4.53. The van der Waals surface area contributed by atoms with E-state index in [1.165, 1.54) is 0 Å². The molecule has 0 fully saturated rings. The molecule has 0 aliphatic rings. The molecule has 7 heteroatoms. The van der Waals surface area contributed by atoms with Crippen molar-refractivity contribution in [3.63, 3.8) is 0 Å². The van der Waals surface area contributed by atoms with Crippen molar-refractivity contribution >= 4 is 34.9 Å². The number of aromatic amines is 1. The maximum Gasteiger partial charge on any atom is 0.319 e. The Labute approximate surface area is 120 Å². The van der Waals surface area contributed by atoms with E-state index < -0.39 is 0 Å². The highest BCUT2D eigenvalue weighted by Gasteiger charge is 2.04. The Hall–Kier alpha value is -1.72. The predicted molar refractivity (Wildman–Crippen MR) is 75.8 cm³/mol. The lowest BCUT2D eigenvalue weighted by molar-refractivity contribution is 0.252. The number of H-pyrrole nitrogens is 1. The summed E-state index contributed by atoms with van der Waals surface area (Å²) in [7, 11) is 0. The van der Waals surface area contributed by atoms with Crippen LogP contribution in [0.15, 0.2) is 30.6 Å². The molecular weight excluding hydrogens is 287 g/mol. The summed E-state index contributed by atoms with van der Waals surface area (Å²) in [6.07, 6.45) is 4.05. The Balaban J connectivity index is 1.80. The number of amides is 2. The van der Waals surface area contributed by atoms with Crippen molar-refractivity contribution in [2.45, 2.75) is 6.42 Å². The van der Waals surface area contributed by atoms with Crippen molar-refractivity contribution in [2.24, 2.45) is 0 Å². The second kappa shape index (κ2) is 6.45. The van der Waals surface area contributed by atoms with Gasteiger partial charge in [0.1, 0.15) is 5.82 Å². The first-order valence-electron chi connectivity index (χ1n) is 5.63. The summed E-state index contributed by atoms with van der Waals surface area (Å²) in [6.45, 7) is 0.480. The van der Waals surface area contributed by atoms with Gasteiger partial charge in [-0.2, -0.15) is 0 Å². The van der Waals surface area contributed by atoms with Crippen LogP contribution in [0.3, 0.4) is 0 Å². The molecule has 0 bridgehead atoms. The Morgan fingerprint density at radius 3 is 2.63 bits per heavy atom. The summed E-state index contributed by atoms with van der Waals surface area (Å²) in [4.78, 5) is 18.6. The fourth-order valence-electron chi connectivity index (χ4n) is 1.53. The molecule has 0 spiro atoms. The molecule has 0 unspecified atom stereocenters. The summed E-state index contributed by atoms with van der Waals surface area (Å²) < 4.78 is 0. The van der Waals surface area contributed by atoms with Gasteiger partial charge in [-0.3, -0.25) is 0 Å². The summed E-state index contributed by atoms with van der Waals surface area (Å²) in [5.41, 5.74) is 0.549. The minimum atomic E-state index is -0.315. The van der Waals surface area contributed by atoms with Crippen molar-refractivity contribution in [2.75, 3.05) is 11.9 Å². The number of nitrogens with one attached hydrogen (secondary N) is 3. The molecule has 3 N–H and O–H groups in total. The second-order valence-electron chi connectivity index (χ2n) is 3.82. The highest BCUT2D eigenvalue weighted by molar-refractivity contribution is 6.35. The Morgan fingerprint density at radius 1 is 1.26 bits per heavy atom. The first-order chi connectivity index (χ1) is 9.13. The number of hydrogen-bond acceptors (Lipinski definition) is 2. The van der Waals surface area contributed by atoms with Gasteiger partial charge in [-0.05, 0) is 18.2 Å². The number of rotatable bonds is 4. The van der Waals surface area contributed by atoms with Crippen LogP contribution in [0.5, 0.6) is 0 Å². The van der Waals surface area contributed by atoms with Gasteiger partial charge in [0.15, 0.2) is 0 Å². The third-order valence-electron chi connectivity index (χ3n) is 2.32. The molecule has 0 aliphatic heterocycles. The van der Waals surface area contributed by atoms with Crippen LogP contribution < -0.4 is 10.6 Å². The van der Waals surface area contributed by atoms with Gasteiger partial charge in [0, 0.05) is 41.1 Å². The molecule has 0 saturated heterocycles. The van der Waals surface area contributed by atoms with E-state index in [1.807, 2.05) is 0 Å². The molecule has 0 atom stereocenters. The molecule has 0 saturated carbocycles. The molecule has 0 aliphatic carbocycles. The fraction of sp³-hybridized carbons (Fsp3) is 0.167. The van der Waals surface area contributed by atoms with Crippen LogP contribution in [-0.4, -0.2) is 22.5 Å². The minimum Gasteiger partial charge on any atom is -0.349 e. The molecule has 0 radical (unpaired) electrons. The number of imidazole rings is 1. The van der Waals surface area contributed by atoms with Gasteiger partial charge in [0.05, 0.1) is 0 Å². The van der Waals surface area contributed by atoms with Crippen molar-refractivity contribution in [3.8, 4) is 0 Å². The van der Waals surface area contributed by atoms with Gasteiger partial charge in [-0.15, -0.1) is 0 Å². The lowest BCUT2D eigenvalue weighted by atomic mass is 10.3. The molecule has 19 heavy (non-hydrogen) atoms. The number of halogens is 2. The van der Waals surface area contributed by atoms with E-state index in [9.17, 15) is 4.79 Å². The molecule has 1 heterocycles. The van der Waals surface area contributed by atoms with E-state index >= 15 is 0 Å². The number of carbonyl (C=O) groups is 1. The van der Waals surface area contributed by atoms with Gasteiger partial charge >= 0.3 is 6.03 Å². The van der Waals surface area contributed by atoms with Crippen molar-refractivity contribution < 1.29 is 4.79 Å². The van der Waals surface area contributed by atoms with Crippen LogP contribution in [0.1, 0.15) is 5.82 Å². The van der Waals surface area contributed by atoms with E-state index in [2.05, 4.69) is 20.6 Å². The molecule has 2 aromatic rings. The third-order valence-corrected chi connectivity index (χ3v) is 2.76. The number of anilines is 1. The first kappa shape index (κ1) is 13.7. The standard InChI is InChI=1S/C12H12Cl2N4O/c13-8-5-9(14)7-10(6-8)18-12(19)17-2-1-11-15-3-4-16-11/h3-7H,1-2H2,(H,15,16)(H2,17,18,19). The van der Waals surface area contributed by atoms with Crippen LogP contribution >= 0.6 is 23.2 Å². The molecule has 100 valence electrons. The molecule has 5 nitrogen and oxygen atoms in total. The van der Waals surface area contributed by atoms with Gasteiger partial charge in [0.25, 0.3) is 0 Å². The van der Waals surface area contributed by atoms with Gasteiger partial charge in [-0.25, -0.2) is 9.78 Å². The summed E-state index contributed by atoms with van der Waals surface area (Å²) in [5.74, 6) is 0.825. The van der Waals surface area contributed by atoms with Crippen molar-refractivity contribution in [1.82, 2.24) is 15.3 Å². The van der Waals surface area contributed by atoms with Crippen molar-refractivity contribution in [1.29, 1.82) is 0 Å². The number of hydrogen-bond donors (Lipinski definition) is 3. The lowest BCUT2D eigenvalue weighted by Gasteiger charge is -2.07. The quantitative estimate of drug-likeness (QED) is 0.812. The van der Waals surface area contributed by atoms with Crippen LogP contribution in [-0.2, 0) is 6.42 Å². The van der Waals surface area contributed by atoms with Crippen LogP contribution in [0, 0.1) is 0 Å². The number of carbonyl (C=O) groups excluding carboxylic acids is 1. The van der Waals surface area contributed by atoms with Crippen molar-refractivity contribution in [3.05, 3.63) is 46.5 Å². The maximum atomic E-state index is 11.6. The molecule has 2 rings (SSSR count). The largest absolute Gasteiger partial charge is 0.349 e. The fourth-order valence-corrected chi connectivity index (χ4v) is 2.06. The summed E-state index contributed by atoms with van der Waals surface area (Å²) >= 11 is 11.7. The number of benzene rings is 1. The monoisotopic (exact) mass is 298 g/mol. The zero-order chi connectivity index (χ0) is 13.7. The second-order valence-corrected chi connectivity index (χ2v) is 4.70. The van der Waals surface area contributed by atoms with E-state index in [0.29, 0.717) is 28.7 Å².